The van der Waals surface area contributed by atoms with E-state index in [1.165, 1.54) is 20.2 Å². The molecule has 384 valence electrons. The van der Waals surface area contributed by atoms with Gasteiger partial charge in [0.2, 0.25) is 0 Å². The largest absolute Gasteiger partial charge is 0.462 e. The van der Waals surface area contributed by atoms with E-state index >= 15 is 0 Å². The highest BCUT2D eigenvalue weighted by molar-refractivity contribution is 5.89. The number of aliphatic hydroxyl groups is 4. The number of ether oxygens (including phenoxy) is 11. The van der Waals surface area contributed by atoms with Crippen LogP contribution < -0.4 is 0 Å². The number of carbonyl (C=O) groups is 2. The Balaban J connectivity index is 0.889. The summed E-state index contributed by atoms with van der Waals surface area (Å²) in [6.07, 6.45) is -2.20. The van der Waals surface area contributed by atoms with Gasteiger partial charge < -0.3 is 72.5 Å². The van der Waals surface area contributed by atoms with Gasteiger partial charge in [0.25, 0.3) is 0 Å². The molecule has 0 amide bonds. The highest BCUT2D eigenvalue weighted by atomic mass is 16.8. The van der Waals surface area contributed by atoms with Gasteiger partial charge in [0.05, 0.1) is 53.2 Å². The number of methoxy groups -OCH3 is 3. The zero-order valence-electron chi connectivity index (χ0n) is 41.4. The first-order valence-electron chi connectivity index (χ1n) is 24.8. The van der Waals surface area contributed by atoms with Gasteiger partial charge in [-0.1, -0.05) is 13.8 Å². The van der Waals surface area contributed by atoms with Crippen molar-refractivity contribution in [2.75, 3.05) is 21.3 Å². The Hall–Kier alpha value is -2.43. The van der Waals surface area contributed by atoms with Crippen molar-refractivity contribution in [3.8, 4) is 0 Å². The van der Waals surface area contributed by atoms with Crippen LogP contribution in [0.4, 0.5) is 0 Å². The minimum absolute atomic E-state index is 0.000786. The molecule has 68 heavy (non-hydrogen) atoms. The summed E-state index contributed by atoms with van der Waals surface area (Å²) in [5, 5.41) is 47.1. The quantitative estimate of drug-likeness (QED) is 0.162. The molecule has 1 aromatic rings. The molecular formula is C50H77NO17. The van der Waals surface area contributed by atoms with E-state index in [2.05, 4.69) is 11.9 Å². The smallest absolute Gasteiger partial charge is 0.340 e. The number of hydrogen-bond donors (Lipinski definition) is 4. The van der Waals surface area contributed by atoms with Crippen molar-refractivity contribution in [2.24, 2.45) is 28.6 Å². The van der Waals surface area contributed by atoms with E-state index in [1.54, 1.807) is 46.4 Å². The van der Waals surface area contributed by atoms with Crippen LogP contribution in [-0.4, -0.2) is 168 Å². The molecule has 7 aliphatic rings. The fourth-order valence-corrected chi connectivity index (χ4v) is 14.1. The second-order valence-corrected chi connectivity index (χ2v) is 21.4. The van der Waals surface area contributed by atoms with Crippen LogP contribution in [0.2, 0.25) is 0 Å². The highest BCUT2D eigenvalue weighted by Crippen LogP contribution is 2.71. The number of esters is 2. The van der Waals surface area contributed by atoms with E-state index in [-0.39, 0.29) is 53.8 Å². The van der Waals surface area contributed by atoms with Crippen LogP contribution in [0, 0.1) is 28.6 Å². The van der Waals surface area contributed by atoms with Gasteiger partial charge in [-0.05, 0) is 114 Å². The molecule has 1 aromatic heterocycles. The Labute approximate surface area is 400 Å². The summed E-state index contributed by atoms with van der Waals surface area (Å²) in [5.74, 6) is -1.03. The minimum Gasteiger partial charge on any atom is -0.462 e. The summed E-state index contributed by atoms with van der Waals surface area (Å²) in [5.41, 5.74) is -4.35. The van der Waals surface area contributed by atoms with Crippen molar-refractivity contribution < 1.29 is 82.1 Å². The molecule has 0 aromatic carbocycles. The molecule has 4 saturated carbocycles. The molecule has 3 aliphatic heterocycles. The Morgan fingerprint density at radius 2 is 1.43 bits per heavy atom. The Morgan fingerprint density at radius 3 is 2.04 bits per heavy atom. The fourth-order valence-electron chi connectivity index (χ4n) is 14.1. The molecule has 4 N–H and O–H groups in total. The highest BCUT2D eigenvalue weighted by Gasteiger charge is 2.77. The summed E-state index contributed by atoms with van der Waals surface area (Å²) in [6.45, 7) is 12.6. The molecule has 0 spiro atoms. The van der Waals surface area contributed by atoms with Crippen molar-refractivity contribution in [3.05, 3.63) is 30.1 Å². The predicted octanol–water partition coefficient (Wildman–Crippen LogP) is 3.99. The average molecular weight is 964 g/mol. The fraction of sp³-hybridized carbons (Fsp3) is 0.860. The number of pyridine rings is 1. The van der Waals surface area contributed by atoms with Crippen molar-refractivity contribution in [2.45, 2.75) is 222 Å². The Bertz CT molecular complexity index is 1900. The molecule has 0 bridgehead atoms. The first kappa shape index (κ1) is 51.9. The maximum Gasteiger partial charge on any atom is 0.340 e. The van der Waals surface area contributed by atoms with Crippen LogP contribution in [0.25, 0.3) is 0 Å². The van der Waals surface area contributed by atoms with E-state index in [1.807, 2.05) is 20.8 Å². The summed E-state index contributed by atoms with van der Waals surface area (Å²) >= 11 is 0. The third-order valence-corrected chi connectivity index (χ3v) is 18.1. The lowest BCUT2D eigenvalue weighted by Gasteiger charge is -2.66. The average Bonchev–Trinajstić information content (AvgIpc) is 3.53. The second kappa shape index (κ2) is 20.2. The lowest BCUT2D eigenvalue weighted by Crippen LogP contribution is -2.72. The molecule has 18 nitrogen and oxygen atoms in total. The number of hydrogen-bond acceptors (Lipinski definition) is 18. The molecule has 1 unspecified atom stereocenters. The normalized spacial score (nSPS) is 48.6. The monoisotopic (exact) mass is 964 g/mol. The van der Waals surface area contributed by atoms with E-state index in [0.717, 1.165) is 32.1 Å². The molecule has 23 atom stereocenters. The molecule has 18 heteroatoms. The number of aliphatic hydroxyl groups excluding tert-OH is 2. The number of rotatable bonds is 13. The molecule has 4 aliphatic carbocycles. The lowest BCUT2D eigenvalue weighted by atomic mass is 9.42. The van der Waals surface area contributed by atoms with Crippen LogP contribution in [0.15, 0.2) is 24.5 Å². The van der Waals surface area contributed by atoms with E-state index in [0.29, 0.717) is 19.3 Å². The van der Waals surface area contributed by atoms with Gasteiger partial charge in [0, 0.05) is 53.5 Å². The first-order valence-corrected chi connectivity index (χ1v) is 24.8. The van der Waals surface area contributed by atoms with Crippen molar-refractivity contribution in [1.29, 1.82) is 0 Å². The Kier molecular flexibility index (Phi) is 15.4. The number of carbonyl (C=O) groups excluding carboxylic acids is 2. The van der Waals surface area contributed by atoms with Crippen molar-refractivity contribution in [3.63, 3.8) is 0 Å². The lowest BCUT2D eigenvalue weighted by molar-refractivity contribution is -0.352. The van der Waals surface area contributed by atoms with Gasteiger partial charge in [-0.2, -0.15) is 0 Å². The topological polar surface area (TPSA) is 229 Å². The van der Waals surface area contributed by atoms with Gasteiger partial charge in [0.1, 0.15) is 48.3 Å². The number of fused-ring (bicyclic) bond motifs is 5. The number of aromatic nitrogens is 1. The van der Waals surface area contributed by atoms with Gasteiger partial charge in [-0.15, -0.1) is 0 Å². The SMILES string of the molecule is CO[C@@H]1[C@@H](O)[C@H](O[C@@H]2[C@@H](C)O[C@@H](O[C@H]3[C@@H](OC)C[C@H](O[C@H]4CC[C@@]5(C)[C@@H](CC[C@@H]6[C@@H]5C[C@@H](OC(C)=O)[C@]5(C)[C@](O)(C(C)OC(=O)c7cccnc7)CC[C@]65O)C4)O[C@@H]3C)C[C@H]2OC)O[C@H](C)[C@H]1O. The van der Waals surface area contributed by atoms with Crippen LogP contribution in [-0.2, 0) is 56.9 Å². The predicted molar refractivity (Wildman–Crippen MR) is 239 cm³/mol. The third kappa shape index (κ3) is 9.08. The van der Waals surface area contributed by atoms with Gasteiger partial charge in [0.15, 0.2) is 18.9 Å². The van der Waals surface area contributed by atoms with Crippen molar-refractivity contribution >= 4 is 11.9 Å². The molecule has 7 fully saturated rings. The summed E-state index contributed by atoms with van der Waals surface area (Å²) in [4.78, 5) is 30.1. The van der Waals surface area contributed by atoms with Crippen LogP contribution in [0.3, 0.4) is 0 Å². The maximum absolute atomic E-state index is 13.2. The van der Waals surface area contributed by atoms with Gasteiger partial charge in [-0.25, -0.2) is 4.79 Å². The zero-order chi connectivity index (χ0) is 49.1. The van der Waals surface area contributed by atoms with Crippen molar-refractivity contribution in [1.82, 2.24) is 4.98 Å². The molecule has 8 rings (SSSR count). The molecular weight excluding hydrogens is 887 g/mol. The third-order valence-electron chi connectivity index (χ3n) is 18.1. The minimum atomic E-state index is -1.68. The van der Waals surface area contributed by atoms with Crippen LogP contribution in [0.1, 0.15) is 123 Å². The first-order chi connectivity index (χ1) is 32.2. The molecule has 4 heterocycles. The van der Waals surface area contributed by atoms with Gasteiger partial charge >= 0.3 is 11.9 Å². The van der Waals surface area contributed by atoms with Crippen LogP contribution in [0.5, 0.6) is 0 Å². The number of nitrogens with zero attached hydrogens (tertiary/aromatic N) is 1. The summed E-state index contributed by atoms with van der Waals surface area (Å²) in [7, 11) is 4.66. The van der Waals surface area contributed by atoms with E-state index in [9.17, 15) is 30.0 Å². The van der Waals surface area contributed by atoms with E-state index < -0.39 is 115 Å². The second-order valence-electron chi connectivity index (χ2n) is 21.4. The maximum atomic E-state index is 13.2. The summed E-state index contributed by atoms with van der Waals surface area (Å²) < 4.78 is 67.7. The van der Waals surface area contributed by atoms with Gasteiger partial charge in [-0.3, -0.25) is 9.78 Å². The standard InChI is InChI=1S/C50H77NO17/c1-25-40(53)44(60-10)41(54)46(63-25)68-43-27(3)62-39(23-36(43)59-9)67-42-26(2)61-38(22-35(42)58-8)66-32-15-16-47(6)31(20-32)13-14-33-34(47)21-37(65-29(5)52)48(7)49(56,17-18-50(33,48)57)28(4)64-45(55)30-12-11-19-51-24-30/h11-12,19,24-28,31-44,46,53-54,56-57H,13-18,20-23H2,1-10H3/t25-,26-,27-,28?,31+,32+,33-,34+,35+,36-,37-,38+,39+,40-,41-,42-,43-,44+,46+,47+,48-,49-,50+/m1/s1. The summed E-state index contributed by atoms with van der Waals surface area (Å²) in [6, 6.07) is 3.24. The molecule has 3 saturated heterocycles. The van der Waals surface area contributed by atoms with E-state index in [4.69, 9.17) is 52.1 Å². The Morgan fingerprint density at radius 1 is 0.765 bits per heavy atom. The zero-order valence-corrected chi connectivity index (χ0v) is 41.4. The molecule has 0 radical (unpaired) electrons. The van der Waals surface area contributed by atoms with Crippen LogP contribution >= 0.6 is 0 Å².